The van der Waals surface area contributed by atoms with Crippen molar-refractivity contribution >= 4 is 34.8 Å². The van der Waals surface area contributed by atoms with Gasteiger partial charge in [-0.15, -0.1) is 0 Å². The summed E-state index contributed by atoms with van der Waals surface area (Å²) < 4.78 is 15.5. The monoisotopic (exact) mass is 373 g/mol. The normalized spacial score (nSPS) is 10.4. The van der Waals surface area contributed by atoms with E-state index in [1.54, 1.807) is 12.1 Å². The Bertz CT molecular complexity index is 975. The zero-order chi connectivity index (χ0) is 18.7. The van der Waals surface area contributed by atoms with E-state index in [-0.39, 0.29) is 11.5 Å². The molecule has 1 heterocycles. The van der Waals surface area contributed by atoms with Crippen LogP contribution in [0.1, 0.15) is 17.3 Å². The first-order valence-electron chi connectivity index (χ1n) is 7.47. The van der Waals surface area contributed by atoms with Crippen molar-refractivity contribution in [2.75, 3.05) is 10.6 Å². The van der Waals surface area contributed by atoms with E-state index < -0.39 is 11.7 Å². The summed E-state index contributed by atoms with van der Waals surface area (Å²) in [5, 5.41) is 9.51. The predicted molar refractivity (Wildman–Crippen MR) is 95.0 cm³/mol. The van der Waals surface area contributed by atoms with E-state index in [0.29, 0.717) is 22.1 Å². The Labute approximate surface area is 152 Å². The third-order valence-corrected chi connectivity index (χ3v) is 3.64. The minimum atomic E-state index is -0.721. The first kappa shape index (κ1) is 17.6. The standard InChI is InChI=1S/C17H13ClFN5O2/c1-10(25)22-12-3-4-14(19)13(7-12)17(26)23-15-6-11(18)2-5-16(15)24-9-20-8-21-24/h2-9H,1H3,(H,22,25)(H,23,26). The van der Waals surface area contributed by atoms with E-state index in [1.165, 1.54) is 42.5 Å². The fourth-order valence-electron chi connectivity index (χ4n) is 2.31. The number of hydrogen-bond acceptors (Lipinski definition) is 4. The molecular formula is C17H13ClFN5O2. The molecule has 0 saturated heterocycles. The molecule has 9 heteroatoms. The van der Waals surface area contributed by atoms with Gasteiger partial charge in [-0.2, -0.15) is 5.10 Å². The van der Waals surface area contributed by atoms with Crippen LogP contribution in [0.4, 0.5) is 15.8 Å². The number of hydrogen-bond donors (Lipinski definition) is 2. The fraction of sp³-hybridized carbons (Fsp3) is 0.0588. The molecule has 132 valence electrons. The molecule has 0 aliphatic heterocycles. The molecule has 0 spiro atoms. The Kier molecular flexibility index (Phi) is 4.94. The molecule has 0 atom stereocenters. The second-order valence-corrected chi connectivity index (χ2v) is 5.77. The molecule has 0 aliphatic carbocycles. The molecule has 2 aromatic carbocycles. The minimum absolute atomic E-state index is 0.222. The summed E-state index contributed by atoms with van der Waals surface area (Å²) in [4.78, 5) is 27.6. The summed E-state index contributed by atoms with van der Waals surface area (Å²) in [7, 11) is 0. The van der Waals surface area contributed by atoms with Gasteiger partial charge in [0.25, 0.3) is 5.91 Å². The van der Waals surface area contributed by atoms with Gasteiger partial charge in [-0.1, -0.05) is 11.6 Å². The van der Waals surface area contributed by atoms with Gasteiger partial charge in [-0.05, 0) is 36.4 Å². The van der Waals surface area contributed by atoms with Gasteiger partial charge in [0, 0.05) is 17.6 Å². The number of aromatic nitrogens is 3. The van der Waals surface area contributed by atoms with Crippen LogP contribution in [-0.4, -0.2) is 26.6 Å². The highest BCUT2D eigenvalue weighted by atomic mass is 35.5. The fourth-order valence-corrected chi connectivity index (χ4v) is 2.48. The maximum absolute atomic E-state index is 14.1. The van der Waals surface area contributed by atoms with Crippen LogP contribution in [0, 0.1) is 5.82 Å². The van der Waals surface area contributed by atoms with Crippen LogP contribution in [0.2, 0.25) is 5.02 Å². The number of halogens is 2. The molecule has 1 aromatic heterocycles. The lowest BCUT2D eigenvalue weighted by molar-refractivity contribution is -0.114. The first-order chi connectivity index (χ1) is 12.4. The second-order valence-electron chi connectivity index (χ2n) is 5.33. The van der Waals surface area contributed by atoms with Gasteiger partial charge in [-0.25, -0.2) is 14.1 Å². The molecule has 0 saturated carbocycles. The Morgan fingerprint density at radius 3 is 2.65 bits per heavy atom. The molecule has 0 bridgehead atoms. The molecule has 0 radical (unpaired) electrons. The topological polar surface area (TPSA) is 88.9 Å². The van der Waals surface area contributed by atoms with Crippen molar-refractivity contribution in [2.45, 2.75) is 6.92 Å². The van der Waals surface area contributed by atoms with E-state index in [4.69, 9.17) is 11.6 Å². The number of nitrogens with one attached hydrogen (secondary N) is 2. The van der Waals surface area contributed by atoms with Crippen molar-refractivity contribution in [3.63, 3.8) is 0 Å². The van der Waals surface area contributed by atoms with Gasteiger partial charge in [0.2, 0.25) is 5.91 Å². The number of rotatable bonds is 4. The molecule has 0 unspecified atom stereocenters. The van der Waals surface area contributed by atoms with Crippen molar-refractivity contribution in [2.24, 2.45) is 0 Å². The number of carbonyl (C=O) groups excluding carboxylic acids is 2. The van der Waals surface area contributed by atoms with Crippen LogP contribution in [0.5, 0.6) is 0 Å². The first-order valence-corrected chi connectivity index (χ1v) is 7.85. The van der Waals surface area contributed by atoms with Gasteiger partial charge in [0.1, 0.15) is 18.5 Å². The number of amides is 2. The number of nitrogens with zero attached hydrogens (tertiary/aromatic N) is 3. The largest absolute Gasteiger partial charge is 0.326 e. The molecule has 0 fully saturated rings. The molecular weight excluding hydrogens is 361 g/mol. The molecule has 26 heavy (non-hydrogen) atoms. The predicted octanol–water partition coefficient (Wildman–Crippen LogP) is 3.27. The molecule has 2 amide bonds. The van der Waals surface area contributed by atoms with Crippen molar-refractivity contribution in [3.8, 4) is 5.69 Å². The lowest BCUT2D eigenvalue weighted by atomic mass is 10.1. The van der Waals surface area contributed by atoms with Crippen molar-refractivity contribution in [1.82, 2.24) is 14.8 Å². The zero-order valence-corrected chi connectivity index (χ0v) is 14.3. The van der Waals surface area contributed by atoms with Gasteiger partial charge in [0.05, 0.1) is 16.9 Å². The van der Waals surface area contributed by atoms with E-state index in [0.717, 1.165) is 6.07 Å². The Morgan fingerprint density at radius 1 is 1.15 bits per heavy atom. The van der Waals surface area contributed by atoms with Crippen molar-refractivity contribution in [3.05, 3.63) is 65.5 Å². The van der Waals surface area contributed by atoms with Crippen LogP contribution in [-0.2, 0) is 4.79 Å². The Hall–Kier alpha value is -3.26. The molecule has 2 N–H and O–H groups in total. The smallest absolute Gasteiger partial charge is 0.258 e. The highest BCUT2D eigenvalue weighted by molar-refractivity contribution is 6.31. The van der Waals surface area contributed by atoms with E-state index in [2.05, 4.69) is 20.7 Å². The number of benzene rings is 2. The highest BCUT2D eigenvalue weighted by Gasteiger charge is 2.16. The summed E-state index contributed by atoms with van der Waals surface area (Å²) >= 11 is 6.00. The van der Waals surface area contributed by atoms with E-state index in [1.807, 2.05) is 0 Å². The summed E-state index contributed by atoms with van der Waals surface area (Å²) in [5.74, 6) is -1.74. The third kappa shape index (κ3) is 3.86. The lowest BCUT2D eigenvalue weighted by Crippen LogP contribution is -2.16. The third-order valence-electron chi connectivity index (χ3n) is 3.40. The number of anilines is 2. The van der Waals surface area contributed by atoms with Crippen molar-refractivity contribution in [1.29, 1.82) is 0 Å². The van der Waals surface area contributed by atoms with Gasteiger partial charge < -0.3 is 10.6 Å². The Balaban J connectivity index is 1.94. The maximum Gasteiger partial charge on any atom is 0.258 e. The highest BCUT2D eigenvalue weighted by Crippen LogP contribution is 2.25. The van der Waals surface area contributed by atoms with Crippen LogP contribution in [0.25, 0.3) is 5.69 Å². The van der Waals surface area contributed by atoms with Crippen LogP contribution in [0.15, 0.2) is 49.1 Å². The van der Waals surface area contributed by atoms with E-state index in [9.17, 15) is 14.0 Å². The number of carbonyl (C=O) groups is 2. The maximum atomic E-state index is 14.1. The lowest BCUT2D eigenvalue weighted by Gasteiger charge is -2.12. The van der Waals surface area contributed by atoms with Gasteiger partial charge in [-0.3, -0.25) is 9.59 Å². The SMILES string of the molecule is CC(=O)Nc1ccc(F)c(C(=O)Nc2cc(Cl)ccc2-n2cncn2)c1. The molecule has 0 aliphatic rings. The average Bonchev–Trinajstić information content (AvgIpc) is 3.10. The van der Waals surface area contributed by atoms with Crippen LogP contribution in [0.3, 0.4) is 0 Å². The molecule has 7 nitrogen and oxygen atoms in total. The van der Waals surface area contributed by atoms with E-state index >= 15 is 0 Å². The molecule has 3 aromatic rings. The van der Waals surface area contributed by atoms with Crippen LogP contribution < -0.4 is 10.6 Å². The summed E-state index contributed by atoms with van der Waals surface area (Å²) in [5.41, 5.74) is 0.934. The average molecular weight is 374 g/mol. The van der Waals surface area contributed by atoms with Gasteiger partial charge in [0.15, 0.2) is 0 Å². The Morgan fingerprint density at radius 2 is 1.96 bits per heavy atom. The zero-order valence-electron chi connectivity index (χ0n) is 13.5. The second kappa shape index (κ2) is 7.32. The quantitative estimate of drug-likeness (QED) is 0.734. The van der Waals surface area contributed by atoms with Crippen molar-refractivity contribution < 1.29 is 14.0 Å². The minimum Gasteiger partial charge on any atom is -0.326 e. The molecule has 3 rings (SSSR count). The summed E-state index contributed by atoms with van der Waals surface area (Å²) in [6.07, 6.45) is 2.80. The summed E-state index contributed by atoms with van der Waals surface area (Å²) in [6.45, 7) is 1.32. The summed E-state index contributed by atoms with van der Waals surface area (Å²) in [6, 6.07) is 8.53. The van der Waals surface area contributed by atoms with Gasteiger partial charge >= 0.3 is 0 Å². The van der Waals surface area contributed by atoms with Crippen LogP contribution >= 0.6 is 11.6 Å².